The number of carbonyl (C=O) groups is 1. The normalized spacial score (nSPS) is 18.1. The fourth-order valence-electron chi connectivity index (χ4n) is 4.36. The van der Waals surface area contributed by atoms with Crippen molar-refractivity contribution in [3.05, 3.63) is 71.7 Å². The largest absolute Gasteiger partial charge is 0.497 e. The van der Waals surface area contributed by atoms with E-state index in [2.05, 4.69) is 12.2 Å². The van der Waals surface area contributed by atoms with Crippen LogP contribution in [0.2, 0.25) is 0 Å². The highest BCUT2D eigenvalue weighted by Crippen LogP contribution is 2.29. The van der Waals surface area contributed by atoms with E-state index < -0.39 is 5.82 Å². The van der Waals surface area contributed by atoms with E-state index in [-0.39, 0.29) is 17.5 Å². The highest BCUT2D eigenvalue weighted by molar-refractivity contribution is 5.96. The molecule has 3 aromatic rings. The fourth-order valence-corrected chi connectivity index (χ4v) is 4.36. The summed E-state index contributed by atoms with van der Waals surface area (Å²) in [6, 6.07) is 15.7. The van der Waals surface area contributed by atoms with Gasteiger partial charge in [-0.05, 0) is 61.2 Å². The molecule has 1 amide bonds. The Morgan fingerprint density at radius 3 is 2.62 bits per heavy atom. The average molecular weight is 432 g/mol. The molecular formula is C26H26FN3O2. The molecule has 1 fully saturated rings. The molecule has 32 heavy (non-hydrogen) atoms. The van der Waals surface area contributed by atoms with Gasteiger partial charge >= 0.3 is 0 Å². The Labute approximate surface area is 187 Å². The van der Waals surface area contributed by atoms with Gasteiger partial charge in [-0.15, -0.1) is 0 Å². The number of amides is 1. The lowest BCUT2D eigenvalue weighted by Gasteiger charge is -2.27. The maximum atomic E-state index is 14.4. The molecule has 0 unspecified atom stereocenters. The molecule has 1 aliphatic carbocycles. The molecule has 164 valence electrons. The first-order valence-corrected chi connectivity index (χ1v) is 10.9. The summed E-state index contributed by atoms with van der Waals surface area (Å²) in [6.45, 7) is 2.22. The van der Waals surface area contributed by atoms with Crippen molar-refractivity contribution in [3.63, 3.8) is 0 Å². The molecule has 0 spiro atoms. The summed E-state index contributed by atoms with van der Waals surface area (Å²) >= 11 is 0. The smallest absolute Gasteiger partial charge is 0.253 e. The van der Waals surface area contributed by atoms with Crippen LogP contribution in [0, 0.1) is 23.1 Å². The lowest BCUT2D eigenvalue weighted by molar-refractivity contribution is 0.0921. The number of methoxy groups -OCH3 is 1. The van der Waals surface area contributed by atoms with E-state index in [1.807, 2.05) is 34.9 Å². The first-order chi connectivity index (χ1) is 15.5. The fraction of sp³-hybridized carbons (Fsp3) is 0.308. The second kappa shape index (κ2) is 9.27. The Bertz CT molecular complexity index is 1160. The molecule has 2 aromatic carbocycles. The van der Waals surface area contributed by atoms with Crippen molar-refractivity contribution in [2.45, 2.75) is 38.6 Å². The van der Waals surface area contributed by atoms with Crippen LogP contribution in [0.4, 0.5) is 4.39 Å². The van der Waals surface area contributed by atoms with Crippen LogP contribution in [0.5, 0.6) is 5.75 Å². The van der Waals surface area contributed by atoms with Crippen LogP contribution < -0.4 is 10.1 Å². The number of carbonyl (C=O) groups excluding carboxylic acids is 1. The third kappa shape index (κ3) is 4.52. The van der Waals surface area contributed by atoms with E-state index in [4.69, 9.17) is 10.00 Å². The third-order valence-corrected chi connectivity index (χ3v) is 6.09. The minimum Gasteiger partial charge on any atom is -0.497 e. The number of nitriles is 1. The molecule has 2 atom stereocenters. The number of nitrogens with zero attached hydrogens (tertiary/aromatic N) is 2. The topological polar surface area (TPSA) is 67.0 Å². The Morgan fingerprint density at radius 1 is 1.19 bits per heavy atom. The molecule has 1 N–H and O–H groups in total. The van der Waals surface area contributed by atoms with E-state index in [1.165, 1.54) is 18.6 Å². The van der Waals surface area contributed by atoms with Crippen LogP contribution >= 0.6 is 0 Å². The molecule has 1 heterocycles. The van der Waals surface area contributed by atoms with Gasteiger partial charge in [0.25, 0.3) is 5.91 Å². The Kier molecular flexibility index (Phi) is 6.27. The Balaban J connectivity index is 1.71. The van der Waals surface area contributed by atoms with Crippen LogP contribution in [0.25, 0.3) is 16.9 Å². The maximum Gasteiger partial charge on any atom is 0.253 e. The molecule has 1 aromatic heterocycles. The summed E-state index contributed by atoms with van der Waals surface area (Å²) in [6.07, 6.45) is 6.07. The molecule has 5 nitrogen and oxygen atoms in total. The Hall–Kier alpha value is -3.59. The van der Waals surface area contributed by atoms with Gasteiger partial charge in [-0.2, -0.15) is 5.26 Å². The van der Waals surface area contributed by atoms with Crippen molar-refractivity contribution in [1.29, 1.82) is 5.26 Å². The lowest BCUT2D eigenvalue weighted by Crippen LogP contribution is -2.37. The molecule has 0 saturated heterocycles. The zero-order valence-corrected chi connectivity index (χ0v) is 18.3. The molecule has 4 rings (SSSR count). The maximum absolute atomic E-state index is 14.4. The lowest BCUT2D eigenvalue weighted by atomic mass is 9.87. The predicted octanol–water partition coefficient (Wildman–Crippen LogP) is 5.47. The predicted molar refractivity (Wildman–Crippen MR) is 121 cm³/mol. The molecule has 0 aliphatic heterocycles. The van der Waals surface area contributed by atoms with Crippen LogP contribution in [-0.4, -0.2) is 23.6 Å². The molecule has 0 bridgehead atoms. The van der Waals surface area contributed by atoms with Crippen molar-refractivity contribution in [1.82, 2.24) is 9.88 Å². The summed E-state index contributed by atoms with van der Waals surface area (Å²) in [4.78, 5) is 13.1. The number of aromatic nitrogens is 1. The molecule has 0 radical (unpaired) electrons. The van der Waals surface area contributed by atoms with Gasteiger partial charge in [0, 0.05) is 23.5 Å². The van der Waals surface area contributed by atoms with Gasteiger partial charge < -0.3 is 14.6 Å². The van der Waals surface area contributed by atoms with E-state index in [1.54, 1.807) is 25.4 Å². The minimum atomic E-state index is -0.588. The van der Waals surface area contributed by atoms with Crippen LogP contribution in [0.3, 0.4) is 0 Å². The van der Waals surface area contributed by atoms with E-state index in [9.17, 15) is 9.18 Å². The zero-order chi connectivity index (χ0) is 22.7. The SMILES string of the molecule is COc1ccc(-n2cc(C(=O)N[C@H]3CCC[C@@H](C)C3)cc2-c2ccc(C#N)c(F)c2)cc1. The molecule has 6 heteroatoms. The third-order valence-electron chi connectivity index (χ3n) is 6.09. The summed E-state index contributed by atoms with van der Waals surface area (Å²) in [5, 5.41) is 12.2. The van der Waals surface area contributed by atoms with E-state index in [0.29, 0.717) is 22.7 Å². The molecule has 1 saturated carbocycles. The van der Waals surface area contributed by atoms with Gasteiger partial charge in [-0.1, -0.05) is 25.8 Å². The second-order valence-electron chi connectivity index (χ2n) is 8.43. The summed E-state index contributed by atoms with van der Waals surface area (Å²) < 4.78 is 21.5. The number of halogens is 1. The summed E-state index contributed by atoms with van der Waals surface area (Å²) in [5.74, 6) is 0.604. The summed E-state index contributed by atoms with van der Waals surface area (Å²) in [5.41, 5.74) is 2.57. The summed E-state index contributed by atoms with van der Waals surface area (Å²) in [7, 11) is 1.60. The second-order valence-corrected chi connectivity index (χ2v) is 8.43. The highest BCUT2D eigenvalue weighted by atomic mass is 19.1. The van der Waals surface area contributed by atoms with E-state index in [0.717, 1.165) is 30.7 Å². The first kappa shape index (κ1) is 21.6. The van der Waals surface area contributed by atoms with Crippen molar-refractivity contribution in [2.24, 2.45) is 5.92 Å². The van der Waals surface area contributed by atoms with Crippen molar-refractivity contribution < 1.29 is 13.9 Å². The molecular weight excluding hydrogens is 405 g/mol. The number of benzene rings is 2. The van der Waals surface area contributed by atoms with E-state index >= 15 is 0 Å². The molecule has 1 aliphatic rings. The van der Waals surface area contributed by atoms with Gasteiger partial charge in [0.05, 0.1) is 23.9 Å². The number of hydrogen-bond donors (Lipinski definition) is 1. The van der Waals surface area contributed by atoms with Crippen molar-refractivity contribution in [3.8, 4) is 28.8 Å². The van der Waals surface area contributed by atoms with Crippen molar-refractivity contribution >= 4 is 5.91 Å². The quantitative estimate of drug-likeness (QED) is 0.582. The van der Waals surface area contributed by atoms with Gasteiger partial charge in [-0.25, -0.2) is 4.39 Å². The average Bonchev–Trinajstić information content (AvgIpc) is 3.25. The highest BCUT2D eigenvalue weighted by Gasteiger charge is 2.22. The van der Waals surface area contributed by atoms with Crippen LogP contribution in [0.15, 0.2) is 54.7 Å². The zero-order valence-electron chi connectivity index (χ0n) is 18.3. The van der Waals surface area contributed by atoms with Crippen molar-refractivity contribution in [2.75, 3.05) is 7.11 Å². The van der Waals surface area contributed by atoms with Gasteiger partial charge in [0.2, 0.25) is 0 Å². The van der Waals surface area contributed by atoms with Gasteiger partial charge in [0.1, 0.15) is 17.6 Å². The number of hydrogen-bond acceptors (Lipinski definition) is 3. The monoisotopic (exact) mass is 431 g/mol. The standard InChI is InChI=1S/C26H26FN3O2/c1-17-4-3-5-21(12-17)29-26(31)20-14-25(18-6-7-19(15-28)24(27)13-18)30(16-20)22-8-10-23(32-2)11-9-22/h6-11,13-14,16-17,21H,3-5,12H2,1-2H3,(H,29,31)/t17-,21+/m1/s1. The van der Waals surface area contributed by atoms with Crippen LogP contribution in [-0.2, 0) is 0 Å². The number of ether oxygens (including phenoxy) is 1. The Morgan fingerprint density at radius 2 is 1.97 bits per heavy atom. The van der Waals surface area contributed by atoms with Gasteiger partial charge in [-0.3, -0.25) is 4.79 Å². The van der Waals surface area contributed by atoms with Crippen LogP contribution in [0.1, 0.15) is 48.5 Å². The number of nitrogens with one attached hydrogen (secondary N) is 1. The first-order valence-electron chi connectivity index (χ1n) is 10.9. The number of rotatable bonds is 5. The van der Waals surface area contributed by atoms with Gasteiger partial charge in [0.15, 0.2) is 0 Å². The minimum absolute atomic E-state index is 0.0133.